The monoisotopic (exact) mass is 414 g/mol. The maximum atomic E-state index is 12.7. The Hall–Kier alpha value is -2.03. The smallest absolute Gasteiger partial charge is 0.225 e. The summed E-state index contributed by atoms with van der Waals surface area (Å²) >= 11 is 3.35. The predicted octanol–water partition coefficient (Wildman–Crippen LogP) is 3.50. The number of anilines is 1. The summed E-state index contributed by atoms with van der Waals surface area (Å²) in [6.07, 6.45) is 1.78. The van der Waals surface area contributed by atoms with Crippen molar-refractivity contribution in [3.05, 3.63) is 29.6 Å². The van der Waals surface area contributed by atoms with Crippen LogP contribution >= 0.6 is 22.7 Å². The van der Waals surface area contributed by atoms with Gasteiger partial charge >= 0.3 is 0 Å². The van der Waals surface area contributed by atoms with E-state index in [1.54, 1.807) is 22.7 Å². The Labute approximate surface area is 171 Å². The molecule has 2 aliphatic heterocycles. The molecule has 3 aromatic heterocycles. The lowest BCUT2D eigenvalue weighted by Gasteiger charge is -2.35. The van der Waals surface area contributed by atoms with Gasteiger partial charge in [-0.05, 0) is 36.4 Å². The highest BCUT2D eigenvalue weighted by Gasteiger charge is 2.30. The zero-order valence-corrected chi connectivity index (χ0v) is 17.2. The molecular weight excluding hydrogens is 392 g/mol. The zero-order chi connectivity index (χ0) is 18.9. The van der Waals surface area contributed by atoms with Crippen molar-refractivity contribution < 1.29 is 9.53 Å². The largest absolute Gasteiger partial charge is 0.378 e. The molecule has 1 amide bonds. The van der Waals surface area contributed by atoms with E-state index in [0.29, 0.717) is 19.1 Å². The Morgan fingerprint density at radius 3 is 2.64 bits per heavy atom. The van der Waals surface area contributed by atoms with Crippen LogP contribution in [0.1, 0.15) is 12.8 Å². The van der Waals surface area contributed by atoms with Gasteiger partial charge in [0.2, 0.25) is 5.91 Å². The molecule has 6 nitrogen and oxygen atoms in total. The number of hydrogen-bond donors (Lipinski definition) is 0. The summed E-state index contributed by atoms with van der Waals surface area (Å²) in [5.41, 5.74) is 1.96. The molecule has 0 saturated carbocycles. The third-order valence-corrected chi connectivity index (χ3v) is 7.37. The molecule has 0 unspecified atom stereocenters. The number of pyridine rings is 1. The fraction of sp³-hybridized carbons (Fsp3) is 0.450. The Morgan fingerprint density at radius 1 is 1.07 bits per heavy atom. The van der Waals surface area contributed by atoms with Crippen LogP contribution in [0.5, 0.6) is 0 Å². The number of thiophene rings is 1. The van der Waals surface area contributed by atoms with Gasteiger partial charge in [0.05, 0.1) is 23.8 Å². The van der Waals surface area contributed by atoms with E-state index in [1.165, 1.54) is 4.88 Å². The van der Waals surface area contributed by atoms with Crippen LogP contribution in [0.3, 0.4) is 0 Å². The average Bonchev–Trinajstić information content (AvgIpc) is 3.43. The standard InChI is InChI=1S/C20H22N4O2S2/c25-19(23-9-11-26-12-10-23)14-5-7-24(8-6-14)20-22-16-4-3-15(21-18(16)28-20)17-2-1-13-27-17/h1-4,13-14H,5-12H2. The van der Waals surface area contributed by atoms with Crippen LogP contribution in [0.2, 0.25) is 0 Å². The first-order valence-corrected chi connectivity index (χ1v) is 11.4. The minimum absolute atomic E-state index is 0.132. The molecule has 0 aromatic carbocycles. The van der Waals surface area contributed by atoms with E-state index in [9.17, 15) is 4.79 Å². The number of piperidine rings is 1. The molecule has 8 heteroatoms. The second kappa shape index (κ2) is 7.77. The van der Waals surface area contributed by atoms with Gasteiger partial charge < -0.3 is 14.5 Å². The van der Waals surface area contributed by atoms with Crippen molar-refractivity contribution in [2.45, 2.75) is 12.8 Å². The van der Waals surface area contributed by atoms with Crippen LogP contribution in [-0.2, 0) is 9.53 Å². The fourth-order valence-electron chi connectivity index (χ4n) is 3.86. The number of ether oxygens (including phenoxy) is 1. The number of fused-ring (bicyclic) bond motifs is 1. The van der Waals surface area contributed by atoms with Crippen LogP contribution < -0.4 is 4.90 Å². The second-order valence-corrected chi connectivity index (χ2v) is 9.10. The molecule has 5 heterocycles. The summed E-state index contributed by atoms with van der Waals surface area (Å²) in [5, 5.41) is 3.09. The number of morpholine rings is 1. The molecule has 0 atom stereocenters. The number of thiazole rings is 1. The molecule has 2 fully saturated rings. The summed E-state index contributed by atoms with van der Waals surface area (Å²) in [6.45, 7) is 4.54. The maximum Gasteiger partial charge on any atom is 0.225 e. The molecule has 146 valence electrons. The van der Waals surface area contributed by atoms with Crippen molar-refractivity contribution in [3.8, 4) is 10.6 Å². The third-order valence-electron chi connectivity index (χ3n) is 5.46. The normalized spacial score (nSPS) is 18.7. The average molecular weight is 415 g/mol. The van der Waals surface area contributed by atoms with Gasteiger partial charge in [-0.2, -0.15) is 0 Å². The molecule has 3 aromatic rings. The number of aromatic nitrogens is 2. The molecule has 0 aliphatic carbocycles. The first-order chi connectivity index (χ1) is 13.8. The van der Waals surface area contributed by atoms with Gasteiger partial charge in [0, 0.05) is 32.1 Å². The van der Waals surface area contributed by atoms with E-state index in [0.717, 1.165) is 60.2 Å². The van der Waals surface area contributed by atoms with Gasteiger partial charge in [-0.15, -0.1) is 11.3 Å². The van der Waals surface area contributed by atoms with Crippen molar-refractivity contribution in [2.75, 3.05) is 44.3 Å². The fourth-order valence-corrected chi connectivity index (χ4v) is 5.55. The number of hydrogen-bond acceptors (Lipinski definition) is 7. The highest BCUT2D eigenvalue weighted by molar-refractivity contribution is 7.21. The van der Waals surface area contributed by atoms with Crippen molar-refractivity contribution in [1.82, 2.24) is 14.9 Å². The van der Waals surface area contributed by atoms with Gasteiger partial charge in [-0.25, -0.2) is 9.97 Å². The molecule has 0 radical (unpaired) electrons. The van der Waals surface area contributed by atoms with E-state index in [2.05, 4.69) is 22.4 Å². The van der Waals surface area contributed by atoms with Crippen LogP contribution in [0.4, 0.5) is 5.13 Å². The van der Waals surface area contributed by atoms with Gasteiger partial charge in [0.25, 0.3) is 0 Å². The summed E-state index contributed by atoms with van der Waals surface area (Å²) < 4.78 is 5.36. The minimum Gasteiger partial charge on any atom is -0.378 e. The quantitative estimate of drug-likeness (QED) is 0.657. The molecule has 5 rings (SSSR count). The number of rotatable bonds is 3. The van der Waals surface area contributed by atoms with Crippen LogP contribution in [-0.4, -0.2) is 60.2 Å². The van der Waals surface area contributed by atoms with Crippen molar-refractivity contribution >= 4 is 44.1 Å². The van der Waals surface area contributed by atoms with Crippen molar-refractivity contribution in [1.29, 1.82) is 0 Å². The first-order valence-electron chi connectivity index (χ1n) is 9.71. The first kappa shape index (κ1) is 18.0. The maximum absolute atomic E-state index is 12.7. The lowest BCUT2D eigenvalue weighted by Crippen LogP contribution is -2.46. The number of amides is 1. The second-order valence-electron chi connectivity index (χ2n) is 7.19. The Balaban J connectivity index is 1.27. The summed E-state index contributed by atoms with van der Waals surface area (Å²) in [6, 6.07) is 8.25. The van der Waals surface area contributed by atoms with E-state index in [-0.39, 0.29) is 5.92 Å². The topological polar surface area (TPSA) is 58.6 Å². The predicted molar refractivity (Wildman–Crippen MR) is 113 cm³/mol. The lowest BCUT2D eigenvalue weighted by atomic mass is 9.95. The SMILES string of the molecule is O=C(C1CCN(c2nc3ccc(-c4cccs4)nc3s2)CC1)N1CCOCC1. The Bertz CT molecular complexity index is 958. The van der Waals surface area contributed by atoms with E-state index < -0.39 is 0 Å². The highest BCUT2D eigenvalue weighted by atomic mass is 32.1. The third kappa shape index (κ3) is 3.52. The molecule has 28 heavy (non-hydrogen) atoms. The van der Waals surface area contributed by atoms with Crippen molar-refractivity contribution in [3.63, 3.8) is 0 Å². The molecular formula is C20H22N4O2S2. The summed E-state index contributed by atoms with van der Waals surface area (Å²) in [7, 11) is 0. The molecule has 0 spiro atoms. The lowest BCUT2D eigenvalue weighted by molar-refractivity contribution is -0.140. The molecule has 0 bridgehead atoms. The number of carbonyl (C=O) groups is 1. The summed E-state index contributed by atoms with van der Waals surface area (Å²) in [5.74, 6) is 0.432. The number of carbonyl (C=O) groups excluding carboxylic acids is 1. The van der Waals surface area contributed by atoms with E-state index in [4.69, 9.17) is 14.7 Å². The van der Waals surface area contributed by atoms with Crippen LogP contribution in [0.15, 0.2) is 29.6 Å². The van der Waals surface area contributed by atoms with E-state index in [1.807, 2.05) is 17.0 Å². The van der Waals surface area contributed by atoms with Gasteiger partial charge in [0.1, 0.15) is 10.3 Å². The van der Waals surface area contributed by atoms with Gasteiger partial charge in [0.15, 0.2) is 5.13 Å². The van der Waals surface area contributed by atoms with Gasteiger partial charge in [-0.1, -0.05) is 17.4 Å². The minimum atomic E-state index is 0.132. The summed E-state index contributed by atoms with van der Waals surface area (Å²) in [4.78, 5) is 28.7. The van der Waals surface area contributed by atoms with Crippen molar-refractivity contribution in [2.24, 2.45) is 5.92 Å². The number of nitrogens with zero attached hydrogens (tertiary/aromatic N) is 4. The van der Waals surface area contributed by atoms with Gasteiger partial charge in [-0.3, -0.25) is 4.79 Å². The van der Waals surface area contributed by atoms with Crippen LogP contribution in [0.25, 0.3) is 20.9 Å². The molecule has 0 N–H and O–H groups in total. The Kier molecular flexibility index (Phi) is 5.00. The Morgan fingerprint density at radius 2 is 1.89 bits per heavy atom. The van der Waals surface area contributed by atoms with Crippen LogP contribution in [0, 0.1) is 5.92 Å². The van der Waals surface area contributed by atoms with E-state index >= 15 is 0 Å². The molecule has 2 saturated heterocycles. The zero-order valence-electron chi connectivity index (χ0n) is 15.5. The highest BCUT2D eigenvalue weighted by Crippen LogP contribution is 2.33. The molecule has 2 aliphatic rings.